The van der Waals surface area contributed by atoms with Crippen LogP contribution in [0.3, 0.4) is 0 Å². The smallest absolute Gasteiger partial charge is 0.160 e. The van der Waals surface area contributed by atoms with Crippen molar-refractivity contribution < 1.29 is 10.1 Å². The number of rotatable bonds is 1. The Morgan fingerprint density at radius 1 is 1.50 bits per heavy atom. The lowest BCUT2D eigenvalue weighted by molar-refractivity contribution is -0.198. The minimum absolute atomic E-state index is 0.552. The molecule has 0 spiro atoms. The fourth-order valence-corrected chi connectivity index (χ4v) is 0.657. The van der Waals surface area contributed by atoms with Gasteiger partial charge in [-0.1, -0.05) is 6.08 Å². The second-order valence-corrected chi connectivity index (χ2v) is 1.68. The Morgan fingerprint density at radius 2 is 2.38 bits per heavy atom. The van der Waals surface area contributed by atoms with E-state index in [1.54, 1.807) is 6.08 Å². The van der Waals surface area contributed by atoms with Gasteiger partial charge < -0.3 is 4.89 Å². The van der Waals surface area contributed by atoms with Crippen molar-refractivity contribution >= 4 is 0 Å². The van der Waals surface area contributed by atoms with Crippen LogP contribution in [0.5, 0.6) is 0 Å². The second-order valence-electron chi connectivity index (χ2n) is 1.68. The maximum atomic E-state index is 8.07. The van der Waals surface area contributed by atoms with Crippen molar-refractivity contribution in [3.05, 3.63) is 24.0 Å². The average molecular weight is 112 g/mol. The molecule has 0 aromatic rings. The van der Waals surface area contributed by atoms with Gasteiger partial charge in [-0.2, -0.15) is 0 Å². The third-order valence-electron chi connectivity index (χ3n) is 1.07. The number of hydrogen-bond donors (Lipinski definition) is 1. The molecule has 0 bridgehead atoms. The molecule has 0 radical (unpaired) electrons. The molecular formula is C6H8O2. The van der Waals surface area contributed by atoms with Crippen molar-refractivity contribution in [1.82, 2.24) is 0 Å². The van der Waals surface area contributed by atoms with Gasteiger partial charge in [0.05, 0.1) is 0 Å². The highest BCUT2D eigenvalue weighted by Crippen LogP contribution is 2.08. The van der Waals surface area contributed by atoms with Gasteiger partial charge in [0.15, 0.2) is 5.76 Å². The minimum atomic E-state index is 0.552. The third kappa shape index (κ3) is 1.10. The summed E-state index contributed by atoms with van der Waals surface area (Å²) in [5.41, 5.74) is 0. The van der Waals surface area contributed by atoms with Crippen LogP contribution in [-0.2, 0) is 4.89 Å². The van der Waals surface area contributed by atoms with E-state index in [1.165, 1.54) is 0 Å². The van der Waals surface area contributed by atoms with Crippen molar-refractivity contribution in [2.45, 2.75) is 12.8 Å². The van der Waals surface area contributed by atoms with Gasteiger partial charge in [0.2, 0.25) is 0 Å². The van der Waals surface area contributed by atoms with Gasteiger partial charge >= 0.3 is 0 Å². The lowest BCUT2D eigenvalue weighted by atomic mass is 10.2. The van der Waals surface area contributed by atoms with Crippen LogP contribution in [0.4, 0.5) is 0 Å². The molecule has 0 saturated heterocycles. The Labute approximate surface area is 48.0 Å². The Kier molecular flexibility index (Phi) is 1.70. The second kappa shape index (κ2) is 2.52. The van der Waals surface area contributed by atoms with E-state index >= 15 is 0 Å². The fraction of sp³-hybridized carbons (Fsp3) is 0.333. The van der Waals surface area contributed by atoms with Crippen LogP contribution >= 0.6 is 0 Å². The van der Waals surface area contributed by atoms with E-state index in [0.29, 0.717) is 5.76 Å². The summed E-state index contributed by atoms with van der Waals surface area (Å²) in [5.74, 6) is 0.552. The highest BCUT2D eigenvalue weighted by atomic mass is 17.1. The average Bonchev–Trinajstić information content (AvgIpc) is 1.90. The fourth-order valence-electron chi connectivity index (χ4n) is 0.657. The first-order valence-electron chi connectivity index (χ1n) is 2.61. The van der Waals surface area contributed by atoms with Crippen molar-refractivity contribution in [2.24, 2.45) is 0 Å². The van der Waals surface area contributed by atoms with Crippen LogP contribution in [0.25, 0.3) is 0 Å². The van der Waals surface area contributed by atoms with Crippen LogP contribution in [0.15, 0.2) is 24.0 Å². The molecule has 0 amide bonds. The molecule has 1 aliphatic rings. The van der Waals surface area contributed by atoms with E-state index in [0.717, 1.165) is 12.8 Å². The zero-order valence-electron chi connectivity index (χ0n) is 4.50. The quantitative estimate of drug-likeness (QED) is 0.413. The van der Waals surface area contributed by atoms with Crippen LogP contribution < -0.4 is 0 Å². The van der Waals surface area contributed by atoms with Crippen molar-refractivity contribution in [3.63, 3.8) is 0 Å². The Bertz CT molecular complexity index is 124. The van der Waals surface area contributed by atoms with E-state index in [1.807, 2.05) is 12.2 Å². The van der Waals surface area contributed by atoms with E-state index in [4.69, 9.17) is 5.26 Å². The molecule has 0 fully saturated rings. The van der Waals surface area contributed by atoms with Crippen LogP contribution in [0.2, 0.25) is 0 Å². The van der Waals surface area contributed by atoms with Crippen LogP contribution in [-0.4, -0.2) is 5.26 Å². The summed E-state index contributed by atoms with van der Waals surface area (Å²) in [7, 11) is 0. The van der Waals surface area contributed by atoms with E-state index in [9.17, 15) is 0 Å². The summed E-state index contributed by atoms with van der Waals surface area (Å²) < 4.78 is 0. The zero-order valence-corrected chi connectivity index (χ0v) is 4.50. The first kappa shape index (κ1) is 5.38. The SMILES string of the molecule is OOC1=CCCC=C1. The van der Waals surface area contributed by atoms with Gasteiger partial charge in [-0.25, -0.2) is 5.26 Å². The van der Waals surface area contributed by atoms with Gasteiger partial charge in [0, 0.05) is 0 Å². The molecule has 1 N–H and O–H groups in total. The molecule has 0 saturated carbocycles. The molecular weight excluding hydrogens is 104 g/mol. The molecule has 0 aromatic carbocycles. The van der Waals surface area contributed by atoms with Gasteiger partial charge in [-0.15, -0.1) is 0 Å². The van der Waals surface area contributed by atoms with E-state index in [2.05, 4.69) is 4.89 Å². The lowest BCUT2D eigenvalue weighted by Crippen LogP contribution is -1.86. The lowest BCUT2D eigenvalue weighted by Gasteiger charge is -1.99. The van der Waals surface area contributed by atoms with Crippen LogP contribution in [0, 0.1) is 0 Å². The summed E-state index contributed by atoms with van der Waals surface area (Å²) in [5, 5.41) is 8.07. The molecule has 1 aliphatic carbocycles. The molecule has 0 aromatic heterocycles. The zero-order chi connectivity index (χ0) is 5.82. The third-order valence-corrected chi connectivity index (χ3v) is 1.07. The highest BCUT2D eigenvalue weighted by molar-refractivity contribution is 5.15. The highest BCUT2D eigenvalue weighted by Gasteiger charge is 1.94. The number of allylic oxidation sites excluding steroid dienone is 3. The summed E-state index contributed by atoms with van der Waals surface area (Å²) in [6.45, 7) is 0. The summed E-state index contributed by atoms with van der Waals surface area (Å²) >= 11 is 0. The summed E-state index contributed by atoms with van der Waals surface area (Å²) in [6, 6.07) is 0. The van der Waals surface area contributed by atoms with Crippen molar-refractivity contribution in [3.8, 4) is 0 Å². The van der Waals surface area contributed by atoms with Gasteiger partial charge in [0.1, 0.15) is 0 Å². The molecule has 2 heteroatoms. The van der Waals surface area contributed by atoms with Gasteiger partial charge in [-0.3, -0.25) is 0 Å². The maximum Gasteiger partial charge on any atom is 0.160 e. The summed E-state index contributed by atoms with van der Waals surface area (Å²) in [6.07, 6.45) is 7.58. The van der Waals surface area contributed by atoms with Crippen molar-refractivity contribution in [1.29, 1.82) is 0 Å². The molecule has 0 atom stereocenters. The van der Waals surface area contributed by atoms with E-state index in [-0.39, 0.29) is 0 Å². The summed E-state index contributed by atoms with van der Waals surface area (Å²) in [4.78, 5) is 3.97. The molecule has 0 aliphatic heterocycles. The monoisotopic (exact) mass is 112 g/mol. The number of hydrogen-bond acceptors (Lipinski definition) is 2. The van der Waals surface area contributed by atoms with Crippen molar-refractivity contribution in [2.75, 3.05) is 0 Å². The van der Waals surface area contributed by atoms with Crippen LogP contribution in [0.1, 0.15) is 12.8 Å². The predicted octanol–water partition coefficient (Wildman–Crippen LogP) is 1.71. The predicted molar refractivity (Wildman–Crippen MR) is 30.2 cm³/mol. The normalized spacial score (nSPS) is 17.9. The molecule has 8 heavy (non-hydrogen) atoms. The Balaban J connectivity index is 2.51. The first-order chi connectivity index (χ1) is 3.93. The molecule has 2 nitrogen and oxygen atoms in total. The molecule has 0 unspecified atom stereocenters. The van der Waals surface area contributed by atoms with Gasteiger partial charge in [-0.05, 0) is 25.0 Å². The molecule has 44 valence electrons. The largest absolute Gasteiger partial charge is 0.341 e. The topological polar surface area (TPSA) is 29.5 Å². The van der Waals surface area contributed by atoms with Gasteiger partial charge in [0.25, 0.3) is 0 Å². The molecule has 1 rings (SSSR count). The molecule has 0 heterocycles. The van der Waals surface area contributed by atoms with E-state index < -0.39 is 0 Å². The Hall–Kier alpha value is -0.760. The standard InChI is InChI=1S/C6H8O2/c7-8-6-4-2-1-3-5-6/h2,4-5,7H,1,3H2. The maximum absolute atomic E-state index is 8.07. The Morgan fingerprint density at radius 3 is 2.75 bits per heavy atom. The minimum Gasteiger partial charge on any atom is -0.341 e. The first-order valence-corrected chi connectivity index (χ1v) is 2.61.